The maximum absolute atomic E-state index is 12.0. The minimum Gasteiger partial charge on any atom is -0.391 e. The van der Waals surface area contributed by atoms with E-state index in [9.17, 15) is 14.7 Å². The first kappa shape index (κ1) is 15.8. The number of likely N-dealkylation sites (tertiary alicyclic amines) is 1. The SMILES string of the molecule is CC1CCN(C(=O)CNC(=O)c2ccc(Cl)cc2)CC1O. The molecule has 21 heavy (non-hydrogen) atoms. The highest BCUT2D eigenvalue weighted by molar-refractivity contribution is 6.30. The van der Waals surface area contributed by atoms with Gasteiger partial charge in [-0.05, 0) is 36.6 Å². The number of amides is 2. The zero-order valence-electron chi connectivity index (χ0n) is 11.9. The summed E-state index contributed by atoms with van der Waals surface area (Å²) in [4.78, 5) is 25.5. The number of benzene rings is 1. The van der Waals surface area contributed by atoms with Crippen molar-refractivity contribution < 1.29 is 14.7 Å². The summed E-state index contributed by atoms with van der Waals surface area (Å²) in [6, 6.07) is 6.46. The van der Waals surface area contributed by atoms with Crippen LogP contribution < -0.4 is 5.32 Å². The summed E-state index contributed by atoms with van der Waals surface area (Å²) in [5, 5.41) is 12.9. The molecule has 1 aromatic rings. The lowest BCUT2D eigenvalue weighted by molar-refractivity contribution is -0.134. The molecule has 2 atom stereocenters. The second kappa shape index (κ2) is 6.91. The van der Waals surface area contributed by atoms with Crippen molar-refractivity contribution in [2.45, 2.75) is 19.4 Å². The molecule has 5 nitrogen and oxygen atoms in total. The second-order valence-electron chi connectivity index (χ2n) is 5.36. The first-order valence-electron chi connectivity index (χ1n) is 6.97. The Labute approximate surface area is 128 Å². The van der Waals surface area contributed by atoms with E-state index in [1.54, 1.807) is 29.2 Å². The molecule has 0 saturated carbocycles. The van der Waals surface area contributed by atoms with Crippen molar-refractivity contribution in [1.29, 1.82) is 0 Å². The minimum atomic E-state index is -0.491. The normalized spacial score (nSPS) is 22.0. The molecular weight excluding hydrogens is 292 g/mol. The van der Waals surface area contributed by atoms with Crippen LogP contribution in [0.25, 0.3) is 0 Å². The van der Waals surface area contributed by atoms with Crippen molar-refractivity contribution in [1.82, 2.24) is 10.2 Å². The highest BCUT2D eigenvalue weighted by Crippen LogP contribution is 2.16. The van der Waals surface area contributed by atoms with Crippen molar-refractivity contribution in [3.8, 4) is 0 Å². The number of aliphatic hydroxyl groups is 1. The van der Waals surface area contributed by atoms with E-state index in [4.69, 9.17) is 11.6 Å². The van der Waals surface area contributed by atoms with E-state index in [1.807, 2.05) is 6.92 Å². The molecule has 1 saturated heterocycles. The van der Waals surface area contributed by atoms with Crippen molar-refractivity contribution >= 4 is 23.4 Å². The number of rotatable bonds is 3. The molecule has 1 aromatic carbocycles. The first-order chi connectivity index (χ1) is 9.97. The zero-order chi connectivity index (χ0) is 15.4. The summed E-state index contributed by atoms with van der Waals surface area (Å²) in [5.74, 6) is -0.285. The Morgan fingerprint density at radius 3 is 2.67 bits per heavy atom. The van der Waals surface area contributed by atoms with Gasteiger partial charge in [-0.25, -0.2) is 0 Å². The highest BCUT2D eigenvalue weighted by Gasteiger charge is 2.27. The molecule has 6 heteroatoms. The molecule has 1 heterocycles. The van der Waals surface area contributed by atoms with Crippen LogP contribution >= 0.6 is 11.6 Å². The minimum absolute atomic E-state index is 0.0669. The van der Waals surface area contributed by atoms with Gasteiger partial charge in [0.2, 0.25) is 5.91 Å². The zero-order valence-corrected chi connectivity index (χ0v) is 12.6. The van der Waals surface area contributed by atoms with Gasteiger partial charge in [0.15, 0.2) is 0 Å². The van der Waals surface area contributed by atoms with Gasteiger partial charge >= 0.3 is 0 Å². The number of halogens is 1. The van der Waals surface area contributed by atoms with Gasteiger partial charge in [-0.15, -0.1) is 0 Å². The number of aliphatic hydroxyl groups excluding tert-OH is 1. The average Bonchev–Trinajstić information content (AvgIpc) is 2.48. The molecule has 2 rings (SSSR count). The van der Waals surface area contributed by atoms with Gasteiger partial charge in [-0.3, -0.25) is 9.59 Å². The number of hydrogen-bond acceptors (Lipinski definition) is 3. The number of hydrogen-bond donors (Lipinski definition) is 2. The lowest BCUT2D eigenvalue weighted by Crippen LogP contribution is -2.49. The number of piperidine rings is 1. The Bertz CT molecular complexity index is 518. The van der Waals surface area contributed by atoms with E-state index in [0.717, 1.165) is 6.42 Å². The lowest BCUT2D eigenvalue weighted by atomic mass is 9.96. The predicted molar refractivity (Wildman–Crippen MR) is 80.2 cm³/mol. The molecule has 0 radical (unpaired) electrons. The summed E-state index contributed by atoms with van der Waals surface area (Å²) >= 11 is 5.75. The molecule has 2 N–H and O–H groups in total. The Morgan fingerprint density at radius 1 is 1.38 bits per heavy atom. The van der Waals surface area contributed by atoms with Crippen LogP contribution in [0.5, 0.6) is 0 Å². The topological polar surface area (TPSA) is 69.6 Å². The molecule has 1 aliphatic heterocycles. The van der Waals surface area contributed by atoms with Crippen molar-refractivity contribution in [2.75, 3.05) is 19.6 Å². The van der Waals surface area contributed by atoms with Crippen LogP contribution in [0, 0.1) is 5.92 Å². The molecule has 0 spiro atoms. The second-order valence-corrected chi connectivity index (χ2v) is 5.80. The van der Waals surface area contributed by atoms with Crippen LogP contribution in [-0.2, 0) is 4.79 Å². The van der Waals surface area contributed by atoms with Gasteiger partial charge < -0.3 is 15.3 Å². The van der Waals surface area contributed by atoms with E-state index in [2.05, 4.69) is 5.32 Å². The van der Waals surface area contributed by atoms with Crippen LogP contribution in [0.1, 0.15) is 23.7 Å². The summed E-state index contributed by atoms with van der Waals surface area (Å²) < 4.78 is 0. The smallest absolute Gasteiger partial charge is 0.251 e. The maximum atomic E-state index is 12.0. The van der Waals surface area contributed by atoms with Crippen LogP contribution in [0.2, 0.25) is 5.02 Å². The van der Waals surface area contributed by atoms with Gasteiger partial charge in [0.1, 0.15) is 0 Å². The average molecular weight is 311 g/mol. The number of nitrogens with zero attached hydrogens (tertiary/aromatic N) is 1. The summed E-state index contributed by atoms with van der Waals surface area (Å²) in [7, 11) is 0. The Kier molecular flexibility index (Phi) is 5.20. The van der Waals surface area contributed by atoms with E-state index < -0.39 is 6.10 Å². The van der Waals surface area contributed by atoms with Gasteiger partial charge in [0.05, 0.1) is 12.6 Å². The van der Waals surface area contributed by atoms with E-state index >= 15 is 0 Å². The summed E-state index contributed by atoms with van der Waals surface area (Å²) in [5.41, 5.74) is 0.458. The third-order valence-corrected chi connectivity index (χ3v) is 4.03. The van der Waals surface area contributed by atoms with Crippen LogP contribution in [0.15, 0.2) is 24.3 Å². The molecule has 2 amide bonds. The van der Waals surface area contributed by atoms with E-state index in [-0.39, 0.29) is 24.3 Å². The number of β-amino-alcohol motifs (C(OH)–C–C–N with tert-alkyl or cyclic N) is 1. The largest absolute Gasteiger partial charge is 0.391 e. The van der Waals surface area contributed by atoms with Gasteiger partial charge in [-0.1, -0.05) is 18.5 Å². The summed E-state index contributed by atoms with van der Waals surface area (Å²) in [6.07, 6.45) is 0.285. The lowest BCUT2D eigenvalue weighted by Gasteiger charge is -2.34. The molecule has 114 valence electrons. The molecular formula is C15H19ClN2O3. The molecule has 0 bridgehead atoms. The fourth-order valence-electron chi connectivity index (χ4n) is 2.25. The first-order valence-corrected chi connectivity index (χ1v) is 7.35. The molecule has 1 fully saturated rings. The molecule has 0 aromatic heterocycles. The highest BCUT2D eigenvalue weighted by atomic mass is 35.5. The molecule has 1 aliphatic rings. The van der Waals surface area contributed by atoms with Crippen molar-refractivity contribution in [3.05, 3.63) is 34.9 Å². The third kappa shape index (κ3) is 4.19. The van der Waals surface area contributed by atoms with E-state index in [0.29, 0.717) is 23.7 Å². The standard InChI is InChI=1S/C15H19ClN2O3/c1-10-6-7-18(9-13(10)19)14(20)8-17-15(21)11-2-4-12(16)5-3-11/h2-5,10,13,19H,6-9H2,1H3,(H,17,21). The maximum Gasteiger partial charge on any atom is 0.251 e. The quantitative estimate of drug-likeness (QED) is 0.884. The van der Waals surface area contributed by atoms with Crippen LogP contribution in [0.3, 0.4) is 0 Å². The third-order valence-electron chi connectivity index (χ3n) is 3.78. The van der Waals surface area contributed by atoms with Crippen molar-refractivity contribution in [2.24, 2.45) is 5.92 Å². The predicted octanol–water partition coefficient (Wildman–Crippen LogP) is 1.30. The Hall–Kier alpha value is -1.59. The fraction of sp³-hybridized carbons (Fsp3) is 0.467. The number of carbonyl (C=O) groups is 2. The number of carbonyl (C=O) groups excluding carboxylic acids is 2. The number of nitrogens with one attached hydrogen (secondary N) is 1. The molecule has 0 aliphatic carbocycles. The summed E-state index contributed by atoms with van der Waals surface area (Å²) in [6.45, 7) is 2.85. The Morgan fingerprint density at radius 2 is 2.05 bits per heavy atom. The Balaban J connectivity index is 1.83. The monoisotopic (exact) mass is 310 g/mol. The fourth-order valence-corrected chi connectivity index (χ4v) is 2.37. The van der Waals surface area contributed by atoms with Gasteiger partial charge in [0, 0.05) is 23.7 Å². The van der Waals surface area contributed by atoms with E-state index in [1.165, 1.54) is 0 Å². The van der Waals surface area contributed by atoms with Crippen LogP contribution in [0.4, 0.5) is 0 Å². The van der Waals surface area contributed by atoms with Gasteiger partial charge in [-0.2, -0.15) is 0 Å². The van der Waals surface area contributed by atoms with Crippen molar-refractivity contribution in [3.63, 3.8) is 0 Å². The van der Waals surface area contributed by atoms with Gasteiger partial charge in [0.25, 0.3) is 5.91 Å². The van der Waals surface area contributed by atoms with Crippen LogP contribution in [-0.4, -0.2) is 47.6 Å². The molecule has 2 unspecified atom stereocenters.